The van der Waals surface area contributed by atoms with Crippen molar-refractivity contribution in [2.45, 2.75) is 13.2 Å². The highest BCUT2D eigenvalue weighted by molar-refractivity contribution is 6.19. The van der Waals surface area contributed by atoms with Gasteiger partial charge in [0.2, 0.25) is 5.91 Å². The SMILES string of the molecule is BCC(=O)NCC.CN(C)C. The fourth-order valence-electron chi connectivity index (χ4n) is 0.322. The van der Waals surface area contributed by atoms with Crippen LogP contribution < -0.4 is 5.32 Å². The van der Waals surface area contributed by atoms with E-state index in [1.807, 2.05) is 40.8 Å². The highest BCUT2D eigenvalue weighted by Gasteiger charge is 1.88. The van der Waals surface area contributed by atoms with Gasteiger partial charge in [0.05, 0.1) is 0 Å². The van der Waals surface area contributed by atoms with Crippen LogP contribution in [0.25, 0.3) is 0 Å². The first kappa shape index (κ1) is 13.1. The summed E-state index contributed by atoms with van der Waals surface area (Å²) in [4.78, 5) is 12.3. The van der Waals surface area contributed by atoms with Crippen LogP contribution in [0, 0.1) is 0 Å². The average Bonchev–Trinajstić information content (AvgIpc) is 1.87. The molecule has 0 saturated carbocycles. The van der Waals surface area contributed by atoms with E-state index < -0.39 is 0 Å². The van der Waals surface area contributed by atoms with E-state index in [4.69, 9.17) is 0 Å². The standard InChI is InChI=1S/C4H10BNO.C3H9N/c1-2-6-4(7)3-5;1-4(2)3/h2-3,5H2,1H3,(H,6,7);1-3H3. The summed E-state index contributed by atoms with van der Waals surface area (Å²) in [6, 6.07) is 0. The average molecular weight is 158 g/mol. The molecule has 0 fully saturated rings. The third kappa shape index (κ3) is 26.4. The van der Waals surface area contributed by atoms with Gasteiger partial charge in [0.1, 0.15) is 7.85 Å². The quantitative estimate of drug-likeness (QED) is 0.541. The monoisotopic (exact) mass is 158 g/mol. The number of hydrogen-bond donors (Lipinski definition) is 1. The third-order valence-corrected chi connectivity index (χ3v) is 0.695. The van der Waals surface area contributed by atoms with Crippen LogP contribution in [0.5, 0.6) is 0 Å². The van der Waals surface area contributed by atoms with Gasteiger partial charge in [-0.1, -0.05) is 0 Å². The van der Waals surface area contributed by atoms with Crippen molar-refractivity contribution in [3.8, 4) is 0 Å². The number of rotatable bonds is 2. The van der Waals surface area contributed by atoms with Crippen LogP contribution in [0.3, 0.4) is 0 Å². The zero-order valence-corrected chi connectivity index (χ0v) is 8.27. The Kier molecular flexibility index (Phi) is 11.3. The van der Waals surface area contributed by atoms with E-state index in [2.05, 4.69) is 5.32 Å². The molecule has 0 aliphatic rings. The van der Waals surface area contributed by atoms with Gasteiger partial charge in [0.15, 0.2) is 0 Å². The molecular formula is C7H19BN2O. The second-order valence-electron chi connectivity index (χ2n) is 2.65. The van der Waals surface area contributed by atoms with Crippen LogP contribution in [0.4, 0.5) is 0 Å². The molecule has 0 spiro atoms. The van der Waals surface area contributed by atoms with Crippen LogP contribution in [0.1, 0.15) is 6.92 Å². The molecule has 0 heterocycles. The van der Waals surface area contributed by atoms with E-state index in [-0.39, 0.29) is 5.91 Å². The number of nitrogens with zero attached hydrogens (tertiary/aromatic N) is 1. The summed E-state index contributed by atoms with van der Waals surface area (Å²) in [5.41, 5.74) is 0. The normalized spacial score (nSPS) is 8.45. The molecule has 0 aromatic rings. The summed E-state index contributed by atoms with van der Waals surface area (Å²) in [5.74, 6) is 0.127. The molecular weight excluding hydrogens is 139 g/mol. The number of carbonyl (C=O) groups is 1. The Labute approximate surface area is 70.6 Å². The molecule has 0 aromatic heterocycles. The van der Waals surface area contributed by atoms with Crippen molar-refractivity contribution >= 4 is 13.8 Å². The van der Waals surface area contributed by atoms with E-state index in [1.165, 1.54) is 0 Å². The van der Waals surface area contributed by atoms with Gasteiger partial charge in [-0.3, -0.25) is 4.79 Å². The topological polar surface area (TPSA) is 32.3 Å². The highest BCUT2D eigenvalue weighted by atomic mass is 16.1. The van der Waals surface area contributed by atoms with Crippen LogP contribution in [0.2, 0.25) is 6.32 Å². The summed E-state index contributed by atoms with van der Waals surface area (Å²) < 4.78 is 0. The molecule has 0 atom stereocenters. The minimum Gasteiger partial charge on any atom is -0.357 e. The predicted molar refractivity (Wildman–Crippen MR) is 51.6 cm³/mol. The van der Waals surface area contributed by atoms with Gasteiger partial charge in [-0.05, 0) is 34.4 Å². The second-order valence-corrected chi connectivity index (χ2v) is 2.65. The Morgan fingerprint density at radius 2 is 1.82 bits per heavy atom. The van der Waals surface area contributed by atoms with Crippen LogP contribution in [0.15, 0.2) is 0 Å². The summed E-state index contributed by atoms with van der Waals surface area (Å²) in [5, 5.41) is 2.66. The molecule has 3 nitrogen and oxygen atoms in total. The van der Waals surface area contributed by atoms with Crippen molar-refractivity contribution in [2.24, 2.45) is 0 Å². The van der Waals surface area contributed by atoms with Gasteiger partial charge in [-0.15, -0.1) is 0 Å². The Bertz CT molecular complexity index is 93.7. The van der Waals surface area contributed by atoms with Crippen LogP contribution in [-0.2, 0) is 4.79 Å². The van der Waals surface area contributed by atoms with Gasteiger partial charge in [0.25, 0.3) is 0 Å². The van der Waals surface area contributed by atoms with Crippen molar-refractivity contribution in [1.82, 2.24) is 10.2 Å². The van der Waals surface area contributed by atoms with Crippen molar-refractivity contribution in [2.75, 3.05) is 27.7 Å². The van der Waals surface area contributed by atoms with E-state index in [0.717, 1.165) is 6.54 Å². The molecule has 1 amide bonds. The van der Waals surface area contributed by atoms with Gasteiger partial charge in [-0.25, -0.2) is 0 Å². The molecule has 0 rings (SSSR count). The Morgan fingerprint density at radius 3 is 1.91 bits per heavy atom. The zero-order chi connectivity index (χ0) is 9.28. The maximum Gasteiger partial charge on any atom is 0.212 e. The molecule has 4 heteroatoms. The van der Waals surface area contributed by atoms with E-state index in [1.54, 1.807) is 0 Å². The molecule has 0 unspecified atom stereocenters. The fraction of sp³-hybridized carbons (Fsp3) is 0.857. The van der Waals surface area contributed by atoms with Crippen molar-refractivity contribution in [3.63, 3.8) is 0 Å². The number of hydrogen-bond acceptors (Lipinski definition) is 2. The lowest BCUT2D eigenvalue weighted by Gasteiger charge is -1.93. The van der Waals surface area contributed by atoms with Crippen LogP contribution >= 0.6 is 0 Å². The predicted octanol–water partition coefficient (Wildman–Crippen LogP) is -0.648. The zero-order valence-electron chi connectivity index (χ0n) is 8.27. The molecule has 0 aliphatic carbocycles. The maximum atomic E-state index is 10.3. The minimum atomic E-state index is 0.127. The summed E-state index contributed by atoms with van der Waals surface area (Å²) >= 11 is 0. The first-order valence-electron chi connectivity index (χ1n) is 3.92. The van der Waals surface area contributed by atoms with Gasteiger partial charge >= 0.3 is 0 Å². The van der Waals surface area contributed by atoms with Gasteiger partial charge < -0.3 is 10.2 Å². The summed E-state index contributed by atoms with van der Waals surface area (Å²) in [6.07, 6.45) is 0.591. The maximum absolute atomic E-state index is 10.3. The molecule has 0 bridgehead atoms. The Hall–Kier alpha value is -0.505. The lowest BCUT2D eigenvalue weighted by Crippen LogP contribution is -2.21. The van der Waals surface area contributed by atoms with Crippen molar-refractivity contribution < 1.29 is 4.79 Å². The van der Waals surface area contributed by atoms with Crippen LogP contribution in [-0.4, -0.2) is 46.3 Å². The smallest absolute Gasteiger partial charge is 0.212 e. The van der Waals surface area contributed by atoms with Gasteiger partial charge in [0, 0.05) is 6.54 Å². The molecule has 66 valence electrons. The fourth-order valence-corrected chi connectivity index (χ4v) is 0.322. The highest BCUT2D eigenvalue weighted by Crippen LogP contribution is 1.67. The third-order valence-electron chi connectivity index (χ3n) is 0.695. The van der Waals surface area contributed by atoms with Crippen molar-refractivity contribution in [1.29, 1.82) is 0 Å². The van der Waals surface area contributed by atoms with E-state index in [9.17, 15) is 4.79 Å². The number of nitrogens with one attached hydrogen (secondary N) is 1. The number of amides is 1. The Morgan fingerprint density at radius 1 is 1.45 bits per heavy atom. The summed E-state index contributed by atoms with van der Waals surface area (Å²) in [6.45, 7) is 2.65. The molecule has 0 aromatic carbocycles. The largest absolute Gasteiger partial charge is 0.357 e. The first-order valence-corrected chi connectivity index (χ1v) is 3.92. The summed E-state index contributed by atoms with van der Waals surface area (Å²) in [7, 11) is 7.84. The first-order chi connectivity index (χ1) is 5.04. The molecule has 11 heavy (non-hydrogen) atoms. The lowest BCUT2D eigenvalue weighted by atomic mass is 10.1. The molecule has 0 aliphatic heterocycles. The van der Waals surface area contributed by atoms with E-state index in [0.29, 0.717) is 6.32 Å². The molecule has 0 saturated heterocycles. The molecule has 1 N–H and O–H groups in total. The van der Waals surface area contributed by atoms with Gasteiger partial charge in [-0.2, -0.15) is 0 Å². The second kappa shape index (κ2) is 9.49. The van der Waals surface area contributed by atoms with Crippen molar-refractivity contribution in [3.05, 3.63) is 0 Å². The van der Waals surface area contributed by atoms with E-state index >= 15 is 0 Å². The minimum absolute atomic E-state index is 0.127. The lowest BCUT2D eigenvalue weighted by molar-refractivity contribution is -0.118. The number of carbonyl (C=O) groups excluding carboxylic acids is 1. The Balaban J connectivity index is 0. The molecule has 0 radical (unpaired) electrons.